The number of carbonyl (C=O) groups is 1. The molecule has 0 radical (unpaired) electrons. The van der Waals surface area contributed by atoms with Crippen molar-refractivity contribution in [3.05, 3.63) is 41.5 Å². The van der Waals surface area contributed by atoms with Gasteiger partial charge < -0.3 is 11.1 Å². The highest BCUT2D eigenvalue weighted by Gasteiger charge is 2.13. The second-order valence-electron chi connectivity index (χ2n) is 4.62. The Bertz CT molecular complexity index is 559. The Morgan fingerprint density at radius 2 is 2.05 bits per heavy atom. The third-order valence-electron chi connectivity index (χ3n) is 2.69. The SMILES string of the molecule is CC(C)c1nc(C(=O)NCc2ccc(N)cc2)n[nH]1. The number of benzene rings is 1. The summed E-state index contributed by atoms with van der Waals surface area (Å²) in [5.74, 6) is 0.794. The van der Waals surface area contributed by atoms with Crippen LogP contribution < -0.4 is 11.1 Å². The standard InChI is InChI=1S/C13H17N5O/c1-8(2)11-16-12(18-17-11)13(19)15-7-9-3-5-10(14)6-4-9/h3-6,8H,7,14H2,1-2H3,(H,15,19)(H,16,17,18). The summed E-state index contributed by atoms with van der Waals surface area (Å²) in [5, 5.41) is 9.41. The molecular weight excluding hydrogens is 242 g/mol. The van der Waals surface area contributed by atoms with E-state index in [0.717, 1.165) is 5.56 Å². The van der Waals surface area contributed by atoms with Crippen molar-refractivity contribution in [2.24, 2.45) is 0 Å². The lowest BCUT2D eigenvalue weighted by atomic mass is 10.2. The van der Waals surface area contributed by atoms with Crippen molar-refractivity contribution in [2.45, 2.75) is 26.3 Å². The van der Waals surface area contributed by atoms with Crippen LogP contribution in [0.2, 0.25) is 0 Å². The van der Waals surface area contributed by atoms with Crippen molar-refractivity contribution in [1.29, 1.82) is 0 Å². The first-order valence-electron chi connectivity index (χ1n) is 6.11. The van der Waals surface area contributed by atoms with Gasteiger partial charge in [0, 0.05) is 18.2 Å². The first-order valence-corrected chi connectivity index (χ1v) is 6.11. The van der Waals surface area contributed by atoms with Crippen LogP contribution in [0.25, 0.3) is 0 Å². The molecule has 1 aromatic carbocycles. The largest absolute Gasteiger partial charge is 0.399 e. The van der Waals surface area contributed by atoms with Gasteiger partial charge in [0.15, 0.2) is 0 Å². The van der Waals surface area contributed by atoms with Gasteiger partial charge in [-0.1, -0.05) is 26.0 Å². The molecule has 0 spiro atoms. The van der Waals surface area contributed by atoms with Crippen molar-refractivity contribution < 1.29 is 4.79 Å². The van der Waals surface area contributed by atoms with Crippen LogP contribution in [-0.4, -0.2) is 21.1 Å². The number of H-pyrrole nitrogens is 1. The number of nitrogens with one attached hydrogen (secondary N) is 2. The topological polar surface area (TPSA) is 96.7 Å². The Morgan fingerprint density at radius 3 is 2.63 bits per heavy atom. The number of anilines is 1. The minimum atomic E-state index is -0.292. The smallest absolute Gasteiger partial charge is 0.291 e. The fourth-order valence-corrected chi connectivity index (χ4v) is 1.53. The van der Waals surface area contributed by atoms with E-state index in [1.807, 2.05) is 26.0 Å². The van der Waals surface area contributed by atoms with E-state index in [4.69, 9.17) is 5.73 Å². The van der Waals surface area contributed by atoms with Crippen LogP contribution in [0.3, 0.4) is 0 Å². The molecule has 6 nitrogen and oxygen atoms in total. The predicted octanol–water partition coefficient (Wildman–Crippen LogP) is 1.44. The van der Waals surface area contributed by atoms with E-state index in [9.17, 15) is 4.79 Å². The van der Waals surface area contributed by atoms with Crippen molar-refractivity contribution >= 4 is 11.6 Å². The molecule has 0 fully saturated rings. The maximum atomic E-state index is 11.8. The van der Waals surface area contributed by atoms with Crippen molar-refractivity contribution in [2.75, 3.05) is 5.73 Å². The zero-order valence-electron chi connectivity index (χ0n) is 11.0. The summed E-state index contributed by atoms with van der Waals surface area (Å²) in [6, 6.07) is 7.33. The molecular formula is C13H17N5O. The van der Waals surface area contributed by atoms with Crippen LogP contribution in [0.5, 0.6) is 0 Å². The summed E-state index contributed by atoms with van der Waals surface area (Å²) in [5.41, 5.74) is 7.27. The molecule has 100 valence electrons. The van der Waals surface area contributed by atoms with E-state index < -0.39 is 0 Å². The van der Waals surface area contributed by atoms with Crippen LogP contribution in [0.15, 0.2) is 24.3 Å². The van der Waals surface area contributed by atoms with Crippen molar-refractivity contribution in [1.82, 2.24) is 20.5 Å². The maximum absolute atomic E-state index is 11.8. The number of rotatable bonds is 4. The predicted molar refractivity (Wildman–Crippen MR) is 72.5 cm³/mol. The Hall–Kier alpha value is -2.37. The van der Waals surface area contributed by atoms with E-state index in [0.29, 0.717) is 18.1 Å². The molecule has 2 aromatic rings. The second-order valence-corrected chi connectivity index (χ2v) is 4.62. The lowest BCUT2D eigenvalue weighted by molar-refractivity contribution is 0.0941. The summed E-state index contributed by atoms with van der Waals surface area (Å²) >= 11 is 0. The molecule has 1 amide bonds. The average molecular weight is 259 g/mol. The highest BCUT2D eigenvalue weighted by molar-refractivity contribution is 5.90. The Morgan fingerprint density at radius 1 is 1.37 bits per heavy atom. The Kier molecular flexibility index (Phi) is 3.79. The van der Waals surface area contributed by atoms with Gasteiger partial charge in [0.2, 0.25) is 5.82 Å². The van der Waals surface area contributed by atoms with Gasteiger partial charge in [0.1, 0.15) is 5.82 Å². The molecule has 0 aliphatic rings. The van der Waals surface area contributed by atoms with Crippen LogP contribution in [0, 0.1) is 0 Å². The fourth-order valence-electron chi connectivity index (χ4n) is 1.53. The number of carbonyl (C=O) groups excluding carboxylic acids is 1. The second kappa shape index (κ2) is 5.51. The number of aromatic amines is 1. The zero-order chi connectivity index (χ0) is 13.8. The van der Waals surface area contributed by atoms with Gasteiger partial charge in [-0.05, 0) is 17.7 Å². The summed E-state index contributed by atoms with van der Waals surface area (Å²) in [6.07, 6.45) is 0. The van der Waals surface area contributed by atoms with Crippen LogP contribution in [0.1, 0.15) is 41.8 Å². The monoisotopic (exact) mass is 259 g/mol. The van der Waals surface area contributed by atoms with Crippen LogP contribution >= 0.6 is 0 Å². The van der Waals surface area contributed by atoms with Gasteiger partial charge in [0.25, 0.3) is 5.91 Å². The molecule has 4 N–H and O–H groups in total. The number of hydrogen-bond acceptors (Lipinski definition) is 4. The molecule has 19 heavy (non-hydrogen) atoms. The third-order valence-corrected chi connectivity index (χ3v) is 2.69. The lowest BCUT2D eigenvalue weighted by Crippen LogP contribution is -2.24. The highest BCUT2D eigenvalue weighted by atomic mass is 16.2. The lowest BCUT2D eigenvalue weighted by Gasteiger charge is -2.03. The number of amides is 1. The first-order chi connectivity index (χ1) is 9.06. The normalized spacial score (nSPS) is 10.7. The average Bonchev–Trinajstić information content (AvgIpc) is 2.87. The van der Waals surface area contributed by atoms with Gasteiger partial charge in [0.05, 0.1) is 0 Å². The van der Waals surface area contributed by atoms with Gasteiger partial charge in [-0.2, -0.15) is 0 Å². The van der Waals surface area contributed by atoms with Crippen molar-refractivity contribution in [3.8, 4) is 0 Å². The number of hydrogen-bond donors (Lipinski definition) is 3. The zero-order valence-corrected chi connectivity index (χ0v) is 11.0. The van der Waals surface area contributed by atoms with E-state index in [1.54, 1.807) is 12.1 Å². The fraction of sp³-hybridized carbons (Fsp3) is 0.308. The molecule has 2 rings (SSSR count). The molecule has 0 unspecified atom stereocenters. The summed E-state index contributed by atoms with van der Waals surface area (Å²) in [6.45, 7) is 4.39. The molecule has 0 bridgehead atoms. The molecule has 0 saturated carbocycles. The molecule has 1 heterocycles. The quantitative estimate of drug-likeness (QED) is 0.724. The van der Waals surface area contributed by atoms with Gasteiger partial charge in [-0.3, -0.25) is 9.89 Å². The highest BCUT2D eigenvalue weighted by Crippen LogP contribution is 2.08. The molecule has 0 saturated heterocycles. The van der Waals surface area contributed by atoms with E-state index in [2.05, 4.69) is 20.5 Å². The number of nitrogen functional groups attached to an aromatic ring is 1. The van der Waals surface area contributed by atoms with Gasteiger partial charge in [-0.15, -0.1) is 5.10 Å². The van der Waals surface area contributed by atoms with E-state index in [1.165, 1.54) is 0 Å². The van der Waals surface area contributed by atoms with Gasteiger partial charge in [-0.25, -0.2) is 4.98 Å². The maximum Gasteiger partial charge on any atom is 0.291 e. The number of nitrogens with zero attached hydrogens (tertiary/aromatic N) is 2. The molecule has 0 atom stereocenters. The van der Waals surface area contributed by atoms with Crippen LogP contribution in [-0.2, 0) is 6.54 Å². The summed E-state index contributed by atoms with van der Waals surface area (Å²) < 4.78 is 0. The van der Waals surface area contributed by atoms with E-state index in [-0.39, 0.29) is 17.6 Å². The summed E-state index contributed by atoms with van der Waals surface area (Å²) in [4.78, 5) is 16.0. The minimum absolute atomic E-state index is 0.166. The molecule has 6 heteroatoms. The number of nitrogens with two attached hydrogens (primary N) is 1. The van der Waals surface area contributed by atoms with E-state index >= 15 is 0 Å². The third kappa shape index (κ3) is 3.31. The molecule has 0 aliphatic heterocycles. The first kappa shape index (κ1) is 13.1. The summed E-state index contributed by atoms with van der Waals surface area (Å²) in [7, 11) is 0. The molecule has 0 aliphatic carbocycles. The Balaban J connectivity index is 1.95. The van der Waals surface area contributed by atoms with Crippen LogP contribution in [0.4, 0.5) is 5.69 Å². The van der Waals surface area contributed by atoms with Crippen molar-refractivity contribution in [3.63, 3.8) is 0 Å². The molecule has 1 aromatic heterocycles. The Labute approximate surface area is 111 Å². The number of aromatic nitrogens is 3. The van der Waals surface area contributed by atoms with Gasteiger partial charge >= 0.3 is 0 Å². The minimum Gasteiger partial charge on any atom is -0.399 e.